The second kappa shape index (κ2) is 9.07. The minimum absolute atomic E-state index is 0.0576. The molecule has 0 bridgehead atoms. The highest BCUT2D eigenvalue weighted by atomic mass is 19.1. The molecule has 3 heterocycles. The molecule has 2 fully saturated rings. The summed E-state index contributed by atoms with van der Waals surface area (Å²) < 4.78 is 19.5. The van der Waals surface area contributed by atoms with Gasteiger partial charge in [0.25, 0.3) is 0 Å². The number of likely N-dealkylation sites (tertiary alicyclic amines) is 2. The number of anilines is 2. The number of aromatic nitrogens is 1. The molecule has 9 heteroatoms. The molecule has 0 saturated carbocycles. The van der Waals surface area contributed by atoms with Gasteiger partial charge < -0.3 is 20.3 Å². The normalized spacial score (nSPS) is 18.1. The predicted molar refractivity (Wildman–Crippen MR) is 118 cm³/mol. The summed E-state index contributed by atoms with van der Waals surface area (Å²) in [5, 5.41) is 2.82. The van der Waals surface area contributed by atoms with Crippen LogP contribution in [0.3, 0.4) is 0 Å². The molecule has 3 N–H and O–H groups in total. The first kappa shape index (κ1) is 21.3. The Labute approximate surface area is 181 Å². The predicted octanol–water partition coefficient (Wildman–Crippen LogP) is 2.84. The van der Waals surface area contributed by atoms with E-state index < -0.39 is 5.82 Å². The second-order valence-corrected chi connectivity index (χ2v) is 8.39. The molecule has 0 atom stereocenters. The van der Waals surface area contributed by atoms with E-state index in [0.717, 1.165) is 25.9 Å². The summed E-state index contributed by atoms with van der Waals surface area (Å²) in [5.74, 6) is 0.240. The molecule has 0 aliphatic carbocycles. The van der Waals surface area contributed by atoms with E-state index >= 15 is 0 Å². The lowest BCUT2D eigenvalue weighted by Crippen LogP contribution is -2.62. The first-order valence-electron chi connectivity index (χ1n) is 10.5. The van der Waals surface area contributed by atoms with E-state index in [2.05, 4.69) is 34.2 Å². The van der Waals surface area contributed by atoms with Crippen LogP contribution in [0.25, 0.3) is 0 Å². The van der Waals surface area contributed by atoms with E-state index in [1.54, 1.807) is 18.2 Å². The number of ether oxygens (including phenoxy) is 1. The van der Waals surface area contributed by atoms with Crippen molar-refractivity contribution < 1.29 is 13.9 Å². The number of benzene rings is 1. The van der Waals surface area contributed by atoms with Crippen molar-refractivity contribution in [3.05, 3.63) is 42.3 Å². The van der Waals surface area contributed by atoms with Crippen LogP contribution in [0.15, 0.2) is 36.5 Å². The van der Waals surface area contributed by atoms with E-state index in [4.69, 9.17) is 10.5 Å². The third-order valence-corrected chi connectivity index (χ3v) is 6.04. The average molecular weight is 429 g/mol. The minimum Gasteiger partial charge on any atom is -0.454 e. The van der Waals surface area contributed by atoms with Crippen molar-refractivity contribution >= 4 is 17.5 Å². The second-order valence-electron chi connectivity index (χ2n) is 8.39. The highest BCUT2D eigenvalue weighted by Crippen LogP contribution is 2.27. The molecule has 0 unspecified atom stereocenters. The Kier molecular flexibility index (Phi) is 6.24. The maximum Gasteiger partial charge on any atom is 0.323 e. The largest absolute Gasteiger partial charge is 0.454 e. The van der Waals surface area contributed by atoms with Gasteiger partial charge in [-0.1, -0.05) is 0 Å². The molecule has 2 aliphatic rings. The van der Waals surface area contributed by atoms with Gasteiger partial charge in [0, 0.05) is 62.3 Å². The summed E-state index contributed by atoms with van der Waals surface area (Å²) in [4.78, 5) is 23.4. The maximum atomic E-state index is 14.0. The van der Waals surface area contributed by atoms with Crippen LogP contribution in [-0.2, 0) is 0 Å². The monoisotopic (exact) mass is 428 g/mol. The van der Waals surface area contributed by atoms with Crippen LogP contribution in [0.5, 0.6) is 11.5 Å². The number of piperidine rings is 1. The summed E-state index contributed by atoms with van der Waals surface area (Å²) in [6.45, 7) is 3.64. The first-order valence-corrected chi connectivity index (χ1v) is 10.5. The third kappa shape index (κ3) is 5.05. The zero-order valence-corrected chi connectivity index (χ0v) is 17.9. The maximum absolute atomic E-state index is 14.0. The SMILES string of the molecule is CN(C)C1CN(C2CCN(C(=O)Nc3cc(Oc4ccc(N)cc4F)ccn3)CC2)C1. The highest BCUT2D eigenvalue weighted by molar-refractivity contribution is 5.88. The van der Waals surface area contributed by atoms with Gasteiger partial charge in [0.2, 0.25) is 0 Å². The van der Waals surface area contributed by atoms with Crippen molar-refractivity contribution in [2.24, 2.45) is 0 Å². The van der Waals surface area contributed by atoms with Gasteiger partial charge in [0.15, 0.2) is 11.6 Å². The van der Waals surface area contributed by atoms with Gasteiger partial charge in [-0.25, -0.2) is 14.2 Å². The summed E-state index contributed by atoms with van der Waals surface area (Å²) >= 11 is 0. The van der Waals surface area contributed by atoms with E-state index in [1.807, 2.05) is 4.90 Å². The lowest BCUT2D eigenvalue weighted by molar-refractivity contribution is 0.00755. The topological polar surface area (TPSA) is 87.0 Å². The molecule has 166 valence electrons. The van der Waals surface area contributed by atoms with Crippen LogP contribution in [0.1, 0.15) is 12.8 Å². The Morgan fingerprint density at radius 2 is 1.97 bits per heavy atom. The number of amides is 2. The minimum atomic E-state index is -0.552. The van der Waals surface area contributed by atoms with Gasteiger partial charge in [-0.15, -0.1) is 0 Å². The van der Waals surface area contributed by atoms with Crippen molar-refractivity contribution in [1.82, 2.24) is 19.7 Å². The number of nitrogens with one attached hydrogen (secondary N) is 1. The number of hydrogen-bond donors (Lipinski definition) is 2. The molecule has 2 aliphatic heterocycles. The summed E-state index contributed by atoms with van der Waals surface area (Å²) in [7, 11) is 4.24. The van der Waals surface area contributed by atoms with E-state index in [9.17, 15) is 9.18 Å². The highest BCUT2D eigenvalue weighted by Gasteiger charge is 2.35. The zero-order chi connectivity index (χ0) is 22.0. The fourth-order valence-corrected chi connectivity index (χ4v) is 4.01. The lowest BCUT2D eigenvalue weighted by Gasteiger charge is -2.49. The van der Waals surface area contributed by atoms with Crippen LogP contribution >= 0.6 is 0 Å². The molecule has 4 rings (SSSR count). The molecule has 8 nitrogen and oxygen atoms in total. The molecule has 0 spiro atoms. The Morgan fingerprint density at radius 3 is 2.65 bits per heavy atom. The van der Waals surface area contributed by atoms with Gasteiger partial charge in [0.1, 0.15) is 11.6 Å². The Bertz CT molecular complexity index is 926. The fraction of sp³-hybridized carbons (Fsp3) is 0.455. The van der Waals surface area contributed by atoms with E-state index in [1.165, 1.54) is 18.3 Å². The van der Waals surface area contributed by atoms with Crippen molar-refractivity contribution in [2.75, 3.05) is 51.3 Å². The summed E-state index contributed by atoms with van der Waals surface area (Å²) in [6.07, 6.45) is 3.46. The standard InChI is InChI=1S/C22H29FN6O2/c1-27(2)17-13-29(14-17)16-6-9-28(10-7-16)22(30)26-21-12-18(5-8-25-21)31-20-4-3-15(24)11-19(20)23/h3-5,8,11-12,16-17H,6-7,9-10,13-14,24H2,1-2H3,(H,25,26,30). The molecule has 0 radical (unpaired) electrons. The third-order valence-electron chi connectivity index (χ3n) is 6.04. The quantitative estimate of drug-likeness (QED) is 0.713. The number of likely N-dealkylation sites (N-methyl/N-ethyl adjacent to an activating group) is 1. The Balaban J connectivity index is 1.29. The van der Waals surface area contributed by atoms with Crippen LogP contribution in [0, 0.1) is 5.82 Å². The van der Waals surface area contributed by atoms with Crippen LogP contribution in [-0.4, -0.2) is 78.1 Å². The number of hydrogen-bond acceptors (Lipinski definition) is 6. The summed E-state index contributed by atoms with van der Waals surface area (Å²) in [5.41, 5.74) is 5.88. The van der Waals surface area contributed by atoms with Crippen molar-refractivity contribution in [3.8, 4) is 11.5 Å². The van der Waals surface area contributed by atoms with E-state index in [0.29, 0.717) is 42.4 Å². The number of urea groups is 1. The fourth-order valence-electron chi connectivity index (χ4n) is 4.01. The van der Waals surface area contributed by atoms with Gasteiger partial charge in [-0.3, -0.25) is 10.2 Å². The van der Waals surface area contributed by atoms with Crippen molar-refractivity contribution in [1.29, 1.82) is 0 Å². The molecular formula is C22H29FN6O2. The first-order chi connectivity index (χ1) is 14.9. The molecule has 2 amide bonds. The van der Waals surface area contributed by atoms with Gasteiger partial charge in [-0.05, 0) is 45.1 Å². The molecular weight excluding hydrogens is 399 g/mol. The van der Waals surface area contributed by atoms with Crippen LogP contribution in [0.4, 0.5) is 20.7 Å². The van der Waals surface area contributed by atoms with Crippen LogP contribution < -0.4 is 15.8 Å². The van der Waals surface area contributed by atoms with Crippen molar-refractivity contribution in [3.63, 3.8) is 0 Å². The molecule has 2 aromatic rings. The Morgan fingerprint density at radius 1 is 1.23 bits per heavy atom. The molecule has 1 aromatic carbocycles. The number of rotatable bonds is 5. The van der Waals surface area contributed by atoms with Crippen molar-refractivity contribution in [2.45, 2.75) is 24.9 Å². The average Bonchev–Trinajstić information content (AvgIpc) is 2.69. The number of pyridine rings is 1. The number of carbonyl (C=O) groups is 1. The summed E-state index contributed by atoms with van der Waals surface area (Å²) in [6, 6.07) is 8.40. The van der Waals surface area contributed by atoms with E-state index in [-0.39, 0.29) is 11.8 Å². The van der Waals surface area contributed by atoms with Gasteiger partial charge >= 0.3 is 6.03 Å². The zero-order valence-electron chi connectivity index (χ0n) is 17.9. The lowest BCUT2D eigenvalue weighted by atomic mass is 9.97. The number of nitrogen functional groups attached to an aromatic ring is 1. The number of carbonyl (C=O) groups excluding carboxylic acids is 1. The number of nitrogens with zero attached hydrogens (tertiary/aromatic N) is 4. The molecule has 2 saturated heterocycles. The smallest absolute Gasteiger partial charge is 0.323 e. The number of nitrogens with two attached hydrogens (primary N) is 1. The molecule has 1 aromatic heterocycles. The van der Waals surface area contributed by atoms with Crippen LogP contribution in [0.2, 0.25) is 0 Å². The Hall–Kier alpha value is -2.91. The van der Waals surface area contributed by atoms with Gasteiger partial charge in [0.05, 0.1) is 0 Å². The number of halogens is 1. The molecule has 31 heavy (non-hydrogen) atoms. The van der Waals surface area contributed by atoms with Gasteiger partial charge in [-0.2, -0.15) is 0 Å².